The molecule has 2 aromatic rings. The van der Waals surface area contributed by atoms with Crippen molar-refractivity contribution in [2.45, 2.75) is 39.8 Å². The molecule has 0 spiro atoms. The van der Waals surface area contributed by atoms with Crippen LogP contribution in [0.5, 0.6) is 0 Å². The Bertz CT molecular complexity index is 605. The van der Waals surface area contributed by atoms with Crippen LogP contribution in [0.25, 0.3) is 0 Å². The van der Waals surface area contributed by atoms with E-state index in [-0.39, 0.29) is 12.5 Å². The minimum Gasteiger partial charge on any atom is -0.395 e. The number of amides is 1. The lowest BCUT2D eigenvalue weighted by atomic mass is 10.3. The molecular formula is C15H23N5O2. The molecule has 0 radical (unpaired) electrons. The Balaban J connectivity index is 1.94. The number of carbonyl (C=O) groups is 1. The first-order chi connectivity index (χ1) is 10.6. The molecule has 0 saturated heterocycles. The topological polar surface area (TPSA) is 87.0 Å². The predicted octanol–water partition coefficient (Wildman–Crippen LogP) is 0.888. The number of aliphatic hydroxyl groups excluding tert-OH is 1. The number of carbonyl (C=O) groups excluding carboxylic acids is 1. The lowest BCUT2D eigenvalue weighted by Gasteiger charge is -2.21. The molecule has 0 fully saturated rings. The van der Waals surface area contributed by atoms with Crippen LogP contribution in [0, 0.1) is 6.92 Å². The molecule has 0 unspecified atom stereocenters. The minimum atomic E-state index is -0.0514. The van der Waals surface area contributed by atoms with E-state index in [1.54, 1.807) is 17.3 Å². The Labute approximate surface area is 130 Å². The van der Waals surface area contributed by atoms with Crippen LogP contribution in [0.2, 0.25) is 0 Å². The molecule has 0 aliphatic heterocycles. The van der Waals surface area contributed by atoms with E-state index < -0.39 is 0 Å². The van der Waals surface area contributed by atoms with Crippen LogP contribution in [-0.2, 0) is 24.3 Å². The molecular weight excluding hydrogens is 282 g/mol. The highest BCUT2D eigenvalue weighted by atomic mass is 16.3. The average molecular weight is 305 g/mol. The van der Waals surface area contributed by atoms with Crippen molar-refractivity contribution in [2.75, 3.05) is 13.2 Å². The van der Waals surface area contributed by atoms with Crippen LogP contribution < -0.4 is 0 Å². The number of nitrogens with one attached hydrogen (secondary N) is 1. The highest BCUT2D eigenvalue weighted by Gasteiger charge is 2.15. The Hall–Kier alpha value is -2.15. The standard InChI is InChI=1S/C15H23N5O2/c1-3-14-16-5-7-19(14)6-4-15(22)20(8-9-21)11-13-10-17-12(2)18-13/h5,7,10,21H,3-4,6,8-9,11H2,1-2H3,(H,17,18). The minimum absolute atomic E-state index is 0.0112. The summed E-state index contributed by atoms with van der Waals surface area (Å²) in [6, 6.07) is 0. The zero-order valence-corrected chi connectivity index (χ0v) is 13.1. The largest absolute Gasteiger partial charge is 0.395 e. The van der Waals surface area contributed by atoms with Gasteiger partial charge in [0, 0.05) is 38.3 Å². The van der Waals surface area contributed by atoms with Crippen molar-refractivity contribution < 1.29 is 9.90 Å². The summed E-state index contributed by atoms with van der Waals surface area (Å²) in [5.41, 5.74) is 0.871. The van der Waals surface area contributed by atoms with Crippen molar-refractivity contribution in [2.24, 2.45) is 0 Å². The molecule has 2 rings (SSSR count). The van der Waals surface area contributed by atoms with E-state index in [9.17, 15) is 4.79 Å². The normalized spacial score (nSPS) is 10.9. The lowest BCUT2D eigenvalue weighted by molar-refractivity contribution is -0.132. The average Bonchev–Trinajstić information content (AvgIpc) is 3.12. The number of aliphatic hydroxyl groups is 1. The van der Waals surface area contributed by atoms with Gasteiger partial charge in [-0.25, -0.2) is 9.97 Å². The maximum atomic E-state index is 12.4. The van der Waals surface area contributed by atoms with Crippen LogP contribution in [-0.4, -0.2) is 48.6 Å². The number of H-pyrrole nitrogens is 1. The zero-order valence-electron chi connectivity index (χ0n) is 13.1. The van der Waals surface area contributed by atoms with E-state index in [0.717, 1.165) is 23.8 Å². The smallest absolute Gasteiger partial charge is 0.224 e. The van der Waals surface area contributed by atoms with E-state index in [4.69, 9.17) is 5.11 Å². The lowest BCUT2D eigenvalue weighted by Crippen LogP contribution is -2.33. The third kappa shape index (κ3) is 4.17. The first-order valence-corrected chi connectivity index (χ1v) is 7.53. The molecule has 1 amide bonds. The summed E-state index contributed by atoms with van der Waals surface area (Å²) in [5.74, 6) is 1.81. The Morgan fingerprint density at radius 1 is 1.45 bits per heavy atom. The van der Waals surface area contributed by atoms with Gasteiger partial charge in [-0.3, -0.25) is 4.79 Å². The van der Waals surface area contributed by atoms with E-state index in [0.29, 0.717) is 26.1 Å². The first-order valence-electron chi connectivity index (χ1n) is 7.53. The summed E-state index contributed by atoms with van der Waals surface area (Å²) in [7, 11) is 0. The third-order valence-corrected chi connectivity index (χ3v) is 3.52. The van der Waals surface area contributed by atoms with Gasteiger partial charge < -0.3 is 19.6 Å². The van der Waals surface area contributed by atoms with Crippen molar-refractivity contribution in [1.29, 1.82) is 0 Å². The summed E-state index contributed by atoms with van der Waals surface area (Å²) in [6.45, 7) is 5.22. The number of rotatable bonds is 8. The Morgan fingerprint density at radius 3 is 2.91 bits per heavy atom. The molecule has 0 aliphatic carbocycles. The monoisotopic (exact) mass is 305 g/mol. The van der Waals surface area contributed by atoms with Gasteiger partial charge in [0.1, 0.15) is 11.6 Å². The molecule has 0 bridgehead atoms. The summed E-state index contributed by atoms with van der Waals surface area (Å²) >= 11 is 0. The summed E-state index contributed by atoms with van der Waals surface area (Å²) in [4.78, 5) is 25.5. The highest BCUT2D eigenvalue weighted by Crippen LogP contribution is 2.07. The van der Waals surface area contributed by atoms with E-state index in [2.05, 4.69) is 15.0 Å². The molecule has 0 atom stereocenters. The van der Waals surface area contributed by atoms with Crippen molar-refractivity contribution >= 4 is 5.91 Å². The van der Waals surface area contributed by atoms with Crippen molar-refractivity contribution in [1.82, 2.24) is 24.4 Å². The van der Waals surface area contributed by atoms with Gasteiger partial charge in [0.05, 0.1) is 25.0 Å². The van der Waals surface area contributed by atoms with E-state index >= 15 is 0 Å². The molecule has 2 aromatic heterocycles. The van der Waals surface area contributed by atoms with Gasteiger partial charge in [0.2, 0.25) is 5.91 Å². The molecule has 2 heterocycles. The summed E-state index contributed by atoms with van der Waals surface area (Å²) in [5, 5.41) is 9.17. The van der Waals surface area contributed by atoms with Gasteiger partial charge in [-0.2, -0.15) is 0 Å². The maximum absolute atomic E-state index is 12.4. The fraction of sp³-hybridized carbons (Fsp3) is 0.533. The fourth-order valence-electron chi connectivity index (χ4n) is 2.40. The van der Waals surface area contributed by atoms with Crippen molar-refractivity contribution in [3.05, 3.63) is 35.9 Å². The number of hydrogen-bond acceptors (Lipinski definition) is 4. The molecule has 0 saturated carbocycles. The Kier molecular flexibility index (Phi) is 5.71. The summed E-state index contributed by atoms with van der Waals surface area (Å²) in [6.07, 6.45) is 6.59. The quantitative estimate of drug-likeness (QED) is 0.758. The summed E-state index contributed by atoms with van der Waals surface area (Å²) < 4.78 is 2.00. The zero-order chi connectivity index (χ0) is 15.9. The number of aryl methyl sites for hydroxylation is 3. The van der Waals surface area contributed by atoms with Crippen LogP contribution in [0.4, 0.5) is 0 Å². The van der Waals surface area contributed by atoms with Gasteiger partial charge >= 0.3 is 0 Å². The van der Waals surface area contributed by atoms with Gasteiger partial charge in [0.25, 0.3) is 0 Å². The van der Waals surface area contributed by atoms with E-state index in [1.165, 1.54) is 0 Å². The van der Waals surface area contributed by atoms with Crippen LogP contribution in [0.15, 0.2) is 18.6 Å². The van der Waals surface area contributed by atoms with Crippen LogP contribution in [0.3, 0.4) is 0 Å². The number of nitrogens with zero attached hydrogens (tertiary/aromatic N) is 4. The maximum Gasteiger partial charge on any atom is 0.224 e. The number of aromatic amines is 1. The van der Waals surface area contributed by atoms with Gasteiger partial charge in [-0.05, 0) is 6.92 Å². The number of hydrogen-bond donors (Lipinski definition) is 2. The highest BCUT2D eigenvalue weighted by molar-refractivity contribution is 5.76. The van der Waals surface area contributed by atoms with Crippen LogP contribution >= 0.6 is 0 Å². The SMILES string of the molecule is CCc1nccn1CCC(=O)N(CCO)Cc1cnc(C)[nH]1. The third-order valence-electron chi connectivity index (χ3n) is 3.52. The second-order valence-corrected chi connectivity index (χ2v) is 5.17. The molecule has 0 aromatic carbocycles. The molecule has 120 valence electrons. The molecule has 22 heavy (non-hydrogen) atoms. The van der Waals surface area contributed by atoms with Crippen molar-refractivity contribution in [3.63, 3.8) is 0 Å². The predicted molar refractivity (Wildman–Crippen MR) is 82.0 cm³/mol. The molecule has 0 aliphatic rings. The van der Waals surface area contributed by atoms with Gasteiger partial charge in [-0.1, -0.05) is 6.92 Å². The second-order valence-electron chi connectivity index (χ2n) is 5.17. The number of imidazole rings is 2. The fourth-order valence-corrected chi connectivity index (χ4v) is 2.40. The van der Waals surface area contributed by atoms with Gasteiger partial charge in [-0.15, -0.1) is 0 Å². The van der Waals surface area contributed by atoms with Gasteiger partial charge in [0.15, 0.2) is 0 Å². The number of aromatic nitrogens is 4. The van der Waals surface area contributed by atoms with Crippen LogP contribution in [0.1, 0.15) is 30.7 Å². The first kappa shape index (κ1) is 16.2. The second kappa shape index (κ2) is 7.74. The molecule has 7 heteroatoms. The Morgan fingerprint density at radius 2 is 2.27 bits per heavy atom. The molecule has 7 nitrogen and oxygen atoms in total. The molecule has 2 N–H and O–H groups in total. The van der Waals surface area contributed by atoms with E-state index in [1.807, 2.05) is 24.6 Å². The van der Waals surface area contributed by atoms with Crippen molar-refractivity contribution in [3.8, 4) is 0 Å².